The van der Waals surface area contributed by atoms with E-state index in [0.29, 0.717) is 18.1 Å². The average Bonchev–Trinajstić information content (AvgIpc) is 3.09. The fourth-order valence-electron chi connectivity index (χ4n) is 3.51. The topological polar surface area (TPSA) is 58.4 Å². The first-order valence-corrected chi connectivity index (χ1v) is 7.85. The number of nitrogens with one attached hydrogen (secondary N) is 1. The molecule has 0 aliphatic heterocycles. The molecular weight excluding hydrogens is 238 g/mol. The molecule has 2 fully saturated rings. The average molecular weight is 267 g/mol. The molecule has 4 nitrogen and oxygen atoms in total. The van der Waals surface area contributed by atoms with Gasteiger partial charge in [-0.3, -0.25) is 9.69 Å². The van der Waals surface area contributed by atoms with Gasteiger partial charge in [-0.05, 0) is 52.0 Å². The minimum absolute atomic E-state index is 0.151. The lowest BCUT2D eigenvalue weighted by atomic mass is 9.95. The highest BCUT2D eigenvalue weighted by atomic mass is 16.1. The van der Waals surface area contributed by atoms with Crippen LogP contribution < -0.4 is 11.1 Å². The molecule has 1 amide bonds. The van der Waals surface area contributed by atoms with Crippen molar-refractivity contribution in [2.24, 2.45) is 5.73 Å². The molecule has 3 unspecified atom stereocenters. The first-order valence-electron chi connectivity index (χ1n) is 7.85. The molecule has 2 aliphatic rings. The maximum Gasteiger partial charge on any atom is 0.237 e. The smallest absolute Gasteiger partial charge is 0.237 e. The third-order valence-electron chi connectivity index (χ3n) is 5.01. The van der Waals surface area contributed by atoms with Crippen molar-refractivity contribution in [3.63, 3.8) is 0 Å². The largest absolute Gasteiger partial charge is 0.368 e. The van der Waals surface area contributed by atoms with E-state index in [4.69, 9.17) is 5.73 Å². The molecule has 0 heterocycles. The Hall–Kier alpha value is -0.610. The highest BCUT2D eigenvalue weighted by Crippen LogP contribution is 2.37. The van der Waals surface area contributed by atoms with Crippen LogP contribution in [0.3, 0.4) is 0 Å². The monoisotopic (exact) mass is 267 g/mol. The Balaban J connectivity index is 2.04. The maximum atomic E-state index is 11.9. The normalized spacial score (nSPS) is 32.7. The van der Waals surface area contributed by atoms with E-state index < -0.39 is 5.54 Å². The summed E-state index contributed by atoms with van der Waals surface area (Å²) >= 11 is 0. The second-order valence-corrected chi connectivity index (χ2v) is 6.35. The Morgan fingerprint density at radius 1 is 1.42 bits per heavy atom. The van der Waals surface area contributed by atoms with E-state index >= 15 is 0 Å². The highest BCUT2D eigenvalue weighted by molar-refractivity contribution is 5.85. The number of hydrogen-bond acceptors (Lipinski definition) is 3. The van der Waals surface area contributed by atoms with Gasteiger partial charge in [-0.2, -0.15) is 0 Å². The molecule has 0 saturated heterocycles. The van der Waals surface area contributed by atoms with Gasteiger partial charge >= 0.3 is 0 Å². The van der Waals surface area contributed by atoms with Gasteiger partial charge in [0.15, 0.2) is 0 Å². The quantitative estimate of drug-likeness (QED) is 0.737. The van der Waals surface area contributed by atoms with Crippen molar-refractivity contribution >= 4 is 5.91 Å². The van der Waals surface area contributed by atoms with Crippen LogP contribution in [-0.4, -0.2) is 41.0 Å². The van der Waals surface area contributed by atoms with Gasteiger partial charge in [-0.15, -0.1) is 0 Å². The number of carbonyl (C=O) groups excluding carboxylic acids is 1. The predicted molar refractivity (Wildman–Crippen MR) is 77.9 cm³/mol. The summed E-state index contributed by atoms with van der Waals surface area (Å²) in [5.74, 6) is -0.151. The summed E-state index contributed by atoms with van der Waals surface area (Å²) in [5.41, 5.74) is 5.26. The summed E-state index contributed by atoms with van der Waals surface area (Å²) in [6.45, 7) is 7.77. The third-order valence-corrected chi connectivity index (χ3v) is 5.01. The van der Waals surface area contributed by atoms with Crippen LogP contribution in [0.4, 0.5) is 0 Å². The van der Waals surface area contributed by atoms with Crippen LogP contribution in [-0.2, 0) is 4.79 Å². The zero-order valence-corrected chi connectivity index (χ0v) is 12.6. The predicted octanol–water partition coefficient (Wildman–Crippen LogP) is 1.64. The van der Waals surface area contributed by atoms with Crippen molar-refractivity contribution in [1.29, 1.82) is 0 Å². The lowest BCUT2D eigenvalue weighted by Crippen LogP contribution is -2.55. The van der Waals surface area contributed by atoms with Crippen molar-refractivity contribution in [2.75, 3.05) is 6.54 Å². The van der Waals surface area contributed by atoms with Gasteiger partial charge in [0.1, 0.15) is 0 Å². The molecule has 0 radical (unpaired) electrons. The molecule has 2 aliphatic carbocycles. The molecule has 0 bridgehead atoms. The van der Waals surface area contributed by atoms with Gasteiger partial charge in [0, 0.05) is 18.1 Å². The van der Waals surface area contributed by atoms with Crippen LogP contribution in [0.25, 0.3) is 0 Å². The molecule has 19 heavy (non-hydrogen) atoms. The Morgan fingerprint density at radius 3 is 2.58 bits per heavy atom. The Labute approximate surface area is 117 Å². The summed E-state index contributed by atoms with van der Waals surface area (Å²) in [6, 6.07) is 1.61. The Bertz CT molecular complexity index is 329. The van der Waals surface area contributed by atoms with E-state index in [9.17, 15) is 4.79 Å². The fraction of sp³-hybridized carbons (Fsp3) is 0.933. The van der Waals surface area contributed by atoms with Crippen molar-refractivity contribution in [2.45, 2.75) is 83.0 Å². The summed E-state index contributed by atoms with van der Waals surface area (Å²) in [7, 11) is 0. The summed E-state index contributed by atoms with van der Waals surface area (Å²) in [6.07, 6.45) is 6.42. The first kappa shape index (κ1) is 14.8. The first-order chi connectivity index (χ1) is 9.02. The van der Waals surface area contributed by atoms with Crippen LogP contribution in [0.2, 0.25) is 0 Å². The van der Waals surface area contributed by atoms with E-state index in [1.165, 1.54) is 12.8 Å². The van der Waals surface area contributed by atoms with Crippen molar-refractivity contribution in [3.05, 3.63) is 0 Å². The van der Waals surface area contributed by atoms with Gasteiger partial charge in [0.25, 0.3) is 0 Å². The summed E-state index contributed by atoms with van der Waals surface area (Å²) in [5, 5.41) is 3.53. The van der Waals surface area contributed by atoms with Gasteiger partial charge in [0.05, 0.1) is 5.54 Å². The molecular formula is C15H29N3O. The molecule has 0 spiro atoms. The zero-order valence-electron chi connectivity index (χ0n) is 12.6. The molecule has 110 valence electrons. The van der Waals surface area contributed by atoms with Crippen LogP contribution >= 0.6 is 0 Å². The number of nitrogens with zero attached hydrogens (tertiary/aromatic N) is 1. The van der Waals surface area contributed by atoms with E-state index in [0.717, 1.165) is 32.2 Å². The molecule has 2 rings (SSSR count). The number of amides is 1. The molecule has 2 saturated carbocycles. The number of nitrogens with two attached hydrogens (primary N) is 1. The molecule has 0 aromatic carbocycles. The number of hydrogen-bond donors (Lipinski definition) is 2. The summed E-state index contributed by atoms with van der Waals surface area (Å²) < 4.78 is 0. The molecule has 4 heteroatoms. The van der Waals surface area contributed by atoms with Crippen LogP contribution in [0.5, 0.6) is 0 Å². The highest BCUT2D eigenvalue weighted by Gasteiger charge is 2.48. The van der Waals surface area contributed by atoms with Crippen molar-refractivity contribution < 1.29 is 4.79 Å². The Kier molecular flexibility index (Phi) is 4.51. The molecule has 0 aromatic heterocycles. The third kappa shape index (κ3) is 3.11. The SMILES string of the molecule is CCC(C)N(CC)C1CCC(NC2CC2)(C(N)=O)C1. The number of rotatable bonds is 7. The second kappa shape index (κ2) is 5.80. The molecule has 3 atom stereocenters. The fourth-order valence-corrected chi connectivity index (χ4v) is 3.51. The standard InChI is InChI=1S/C15H29N3O/c1-4-11(3)18(5-2)13-8-9-15(10-13,14(16)19)17-12-6-7-12/h11-13,17H,4-10H2,1-3H3,(H2,16,19). The lowest BCUT2D eigenvalue weighted by Gasteiger charge is -2.34. The van der Waals surface area contributed by atoms with E-state index in [1.807, 2.05) is 0 Å². The number of carbonyl (C=O) groups is 1. The van der Waals surface area contributed by atoms with E-state index in [2.05, 4.69) is 31.0 Å². The van der Waals surface area contributed by atoms with E-state index in [1.54, 1.807) is 0 Å². The van der Waals surface area contributed by atoms with E-state index in [-0.39, 0.29) is 5.91 Å². The lowest BCUT2D eigenvalue weighted by molar-refractivity contribution is -0.124. The van der Waals surface area contributed by atoms with Crippen LogP contribution in [0.1, 0.15) is 59.3 Å². The van der Waals surface area contributed by atoms with Gasteiger partial charge in [0.2, 0.25) is 5.91 Å². The van der Waals surface area contributed by atoms with Crippen molar-refractivity contribution in [3.8, 4) is 0 Å². The maximum absolute atomic E-state index is 11.9. The minimum atomic E-state index is -0.438. The molecule has 0 aromatic rings. The second-order valence-electron chi connectivity index (χ2n) is 6.35. The van der Waals surface area contributed by atoms with Crippen molar-refractivity contribution in [1.82, 2.24) is 10.2 Å². The van der Waals surface area contributed by atoms with Gasteiger partial charge < -0.3 is 11.1 Å². The Morgan fingerprint density at radius 2 is 2.11 bits per heavy atom. The van der Waals surface area contributed by atoms with Gasteiger partial charge in [-0.1, -0.05) is 13.8 Å². The minimum Gasteiger partial charge on any atom is -0.368 e. The number of primary amides is 1. The zero-order chi connectivity index (χ0) is 14.0. The van der Waals surface area contributed by atoms with Crippen LogP contribution in [0, 0.1) is 0 Å². The summed E-state index contributed by atoms with van der Waals surface area (Å²) in [4.78, 5) is 14.5. The van der Waals surface area contributed by atoms with Crippen LogP contribution in [0.15, 0.2) is 0 Å². The molecule has 3 N–H and O–H groups in total. The van der Waals surface area contributed by atoms with Gasteiger partial charge in [-0.25, -0.2) is 0 Å².